The Kier molecular flexibility index (Phi) is 3.58. The van der Waals surface area contributed by atoms with Crippen LogP contribution in [0.25, 0.3) is 22.2 Å². The Morgan fingerprint density at radius 3 is 2.38 bits per heavy atom. The number of ether oxygens (including phenoxy) is 1. The number of benzene rings is 3. The highest BCUT2D eigenvalue weighted by Crippen LogP contribution is 2.39. The van der Waals surface area contributed by atoms with Crippen LogP contribution >= 0.6 is 0 Å². The lowest BCUT2D eigenvalue weighted by Gasteiger charge is -2.12. The predicted molar refractivity (Wildman–Crippen MR) is 99.1 cm³/mol. The molecule has 0 aromatic heterocycles. The van der Waals surface area contributed by atoms with Crippen molar-refractivity contribution in [2.75, 3.05) is 0 Å². The zero-order valence-electron chi connectivity index (χ0n) is 14.3. The number of esters is 1. The van der Waals surface area contributed by atoms with Crippen LogP contribution in [0.1, 0.15) is 32.6 Å². The molecule has 0 bridgehead atoms. The monoisotopic (exact) mass is 345 g/mol. The van der Waals surface area contributed by atoms with E-state index in [1.807, 2.05) is 44.2 Å². The molecule has 0 unspecified atom stereocenters. The lowest BCUT2D eigenvalue weighted by atomic mass is 9.92. The molecule has 128 valence electrons. The van der Waals surface area contributed by atoms with Gasteiger partial charge in [0.05, 0.1) is 16.1 Å². The van der Waals surface area contributed by atoms with Crippen molar-refractivity contribution in [2.45, 2.75) is 13.8 Å². The van der Waals surface area contributed by atoms with Crippen molar-refractivity contribution in [2.24, 2.45) is 0 Å². The Labute approximate surface area is 149 Å². The standard InChI is InChI=1S/C21H15NO4/c1-12-11-14-7-3-4-8-15(14)18(13(12)2)19(22(24)25)20-16-9-5-6-10-17(16)21(23)26-20/h3-11H,1-2H3/b20-19+. The zero-order chi connectivity index (χ0) is 18.4. The predicted octanol–water partition coefficient (Wildman–Crippen LogP) is 4.73. The third kappa shape index (κ3) is 2.29. The maximum Gasteiger partial charge on any atom is 0.344 e. The molecule has 3 aromatic carbocycles. The van der Waals surface area contributed by atoms with Gasteiger partial charge in [0, 0.05) is 5.56 Å². The minimum atomic E-state index is -0.565. The Bertz CT molecular complexity index is 1130. The van der Waals surface area contributed by atoms with Gasteiger partial charge in [-0.05, 0) is 41.8 Å². The first kappa shape index (κ1) is 16.0. The second-order valence-electron chi connectivity index (χ2n) is 6.28. The molecule has 1 heterocycles. The summed E-state index contributed by atoms with van der Waals surface area (Å²) in [7, 11) is 0. The first-order valence-corrected chi connectivity index (χ1v) is 8.18. The molecule has 0 radical (unpaired) electrons. The van der Waals surface area contributed by atoms with E-state index in [0.717, 1.165) is 21.9 Å². The fourth-order valence-electron chi connectivity index (χ4n) is 3.42. The minimum absolute atomic E-state index is 0.00875. The van der Waals surface area contributed by atoms with Gasteiger partial charge >= 0.3 is 11.7 Å². The third-order valence-electron chi connectivity index (χ3n) is 4.79. The average molecular weight is 345 g/mol. The average Bonchev–Trinajstić information content (AvgIpc) is 2.95. The summed E-state index contributed by atoms with van der Waals surface area (Å²) in [6.45, 7) is 3.77. The highest BCUT2D eigenvalue weighted by Gasteiger charge is 2.36. The van der Waals surface area contributed by atoms with E-state index in [4.69, 9.17) is 4.74 Å². The van der Waals surface area contributed by atoms with Crippen LogP contribution in [0.3, 0.4) is 0 Å². The Hall–Kier alpha value is -3.47. The van der Waals surface area contributed by atoms with Gasteiger partial charge in [-0.15, -0.1) is 0 Å². The maximum atomic E-state index is 12.2. The zero-order valence-corrected chi connectivity index (χ0v) is 14.3. The van der Waals surface area contributed by atoms with E-state index in [1.54, 1.807) is 24.3 Å². The maximum absolute atomic E-state index is 12.2. The Morgan fingerprint density at radius 2 is 1.65 bits per heavy atom. The molecule has 3 aromatic rings. The number of cyclic esters (lactones) is 1. The molecule has 0 aliphatic carbocycles. The van der Waals surface area contributed by atoms with Crippen LogP contribution in [-0.2, 0) is 4.74 Å². The van der Waals surface area contributed by atoms with Crippen molar-refractivity contribution >= 4 is 28.2 Å². The van der Waals surface area contributed by atoms with Crippen LogP contribution in [0.15, 0.2) is 54.6 Å². The van der Waals surface area contributed by atoms with Crippen molar-refractivity contribution in [1.29, 1.82) is 0 Å². The molecule has 4 rings (SSSR count). The van der Waals surface area contributed by atoms with Gasteiger partial charge in [0.2, 0.25) is 5.76 Å². The highest BCUT2D eigenvalue weighted by molar-refractivity contribution is 6.09. The number of hydrogen-bond acceptors (Lipinski definition) is 4. The fraction of sp³-hybridized carbons (Fsp3) is 0.0952. The number of aryl methyl sites for hydroxylation is 1. The first-order valence-electron chi connectivity index (χ1n) is 8.18. The Morgan fingerprint density at radius 1 is 1.00 bits per heavy atom. The number of rotatable bonds is 2. The summed E-state index contributed by atoms with van der Waals surface area (Å²) in [6.07, 6.45) is 0. The summed E-state index contributed by atoms with van der Waals surface area (Å²) in [6, 6.07) is 16.2. The lowest BCUT2D eigenvalue weighted by Crippen LogP contribution is -2.06. The number of nitro groups is 1. The van der Waals surface area contributed by atoms with Crippen molar-refractivity contribution in [3.8, 4) is 0 Å². The molecule has 0 atom stereocenters. The van der Waals surface area contributed by atoms with Crippen LogP contribution in [-0.4, -0.2) is 10.9 Å². The molecule has 1 aliphatic rings. The molecular weight excluding hydrogens is 330 g/mol. The van der Waals surface area contributed by atoms with Gasteiger partial charge in [0.1, 0.15) is 0 Å². The summed E-state index contributed by atoms with van der Waals surface area (Å²) in [5.74, 6) is -0.556. The summed E-state index contributed by atoms with van der Waals surface area (Å²) < 4.78 is 5.35. The van der Waals surface area contributed by atoms with E-state index in [2.05, 4.69) is 0 Å². The molecule has 1 aliphatic heterocycles. The van der Waals surface area contributed by atoms with Crippen molar-refractivity contribution in [3.05, 3.63) is 92.5 Å². The van der Waals surface area contributed by atoms with Gasteiger partial charge < -0.3 is 4.74 Å². The van der Waals surface area contributed by atoms with Crippen molar-refractivity contribution in [3.63, 3.8) is 0 Å². The first-order chi connectivity index (χ1) is 12.5. The number of carbonyl (C=O) groups excluding carboxylic acids is 1. The molecule has 5 nitrogen and oxygen atoms in total. The van der Waals surface area contributed by atoms with Gasteiger partial charge in [-0.3, -0.25) is 10.1 Å². The number of nitrogens with zero attached hydrogens (tertiary/aromatic N) is 1. The van der Waals surface area contributed by atoms with Gasteiger partial charge in [-0.25, -0.2) is 4.79 Å². The summed E-state index contributed by atoms with van der Waals surface area (Å²) >= 11 is 0. The molecule has 5 heteroatoms. The summed E-state index contributed by atoms with van der Waals surface area (Å²) in [5.41, 5.74) is 2.84. The second-order valence-corrected chi connectivity index (χ2v) is 6.28. The summed E-state index contributed by atoms with van der Waals surface area (Å²) in [4.78, 5) is 23.8. The normalized spacial score (nSPS) is 14.9. The van der Waals surface area contributed by atoms with Crippen LogP contribution in [0.2, 0.25) is 0 Å². The molecule has 0 fully saturated rings. The van der Waals surface area contributed by atoms with E-state index in [9.17, 15) is 14.9 Å². The van der Waals surface area contributed by atoms with E-state index >= 15 is 0 Å². The second kappa shape index (κ2) is 5.81. The third-order valence-corrected chi connectivity index (χ3v) is 4.79. The molecule has 0 spiro atoms. The van der Waals surface area contributed by atoms with Crippen LogP contribution in [0.4, 0.5) is 0 Å². The quantitative estimate of drug-likeness (QED) is 0.382. The van der Waals surface area contributed by atoms with E-state index < -0.39 is 10.9 Å². The van der Waals surface area contributed by atoms with E-state index in [-0.39, 0.29) is 11.5 Å². The van der Waals surface area contributed by atoms with Gasteiger partial charge in [-0.1, -0.05) is 48.5 Å². The molecule has 0 N–H and O–H groups in total. The highest BCUT2D eigenvalue weighted by atomic mass is 16.6. The van der Waals surface area contributed by atoms with Crippen LogP contribution in [0.5, 0.6) is 0 Å². The summed E-state index contributed by atoms with van der Waals surface area (Å²) in [5, 5.41) is 13.7. The SMILES string of the molecule is Cc1cc2ccccc2c(/C(=C2\OC(=O)c3ccccc32)[N+](=O)[O-])c1C. The van der Waals surface area contributed by atoms with E-state index in [0.29, 0.717) is 16.7 Å². The lowest BCUT2D eigenvalue weighted by molar-refractivity contribution is -0.375. The number of carbonyl (C=O) groups is 1. The molecular formula is C21H15NO4. The number of fused-ring (bicyclic) bond motifs is 2. The van der Waals surface area contributed by atoms with Crippen molar-refractivity contribution in [1.82, 2.24) is 0 Å². The van der Waals surface area contributed by atoms with Gasteiger partial charge in [0.25, 0.3) is 0 Å². The smallest absolute Gasteiger partial charge is 0.344 e. The van der Waals surface area contributed by atoms with Gasteiger partial charge in [0.15, 0.2) is 0 Å². The molecule has 0 saturated heterocycles. The van der Waals surface area contributed by atoms with Crippen LogP contribution in [0, 0.1) is 24.0 Å². The minimum Gasteiger partial charge on any atom is -0.415 e. The van der Waals surface area contributed by atoms with Crippen molar-refractivity contribution < 1.29 is 14.5 Å². The van der Waals surface area contributed by atoms with Crippen LogP contribution < -0.4 is 0 Å². The molecule has 26 heavy (non-hydrogen) atoms. The fourth-order valence-corrected chi connectivity index (χ4v) is 3.42. The largest absolute Gasteiger partial charge is 0.415 e. The molecule has 0 amide bonds. The van der Waals surface area contributed by atoms with Gasteiger partial charge in [-0.2, -0.15) is 0 Å². The van der Waals surface area contributed by atoms with E-state index in [1.165, 1.54) is 0 Å². The Balaban J connectivity index is 2.14. The number of hydrogen-bond donors (Lipinski definition) is 0. The molecule has 0 saturated carbocycles. The topological polar surface area (TPSA) is 69.4 Å².